The highest BCUT2D eigenvalue weighted by Gasteiger charge is 2.39. The molecule has 1 aliphatic heterocycles. The number of phenols is 1. The van der Waals surface area contributed by atoms with Crippen molar-refractivity contribution in [3.8, 4) is 28.4 Å². The molecule has 0 atom stereocenters. The maximum Gasteiger partial charge on any atom is 0.450 e. The van der Waals surface area contributed by atoms with Crippen molar-refractivity contribution in [1.82, 2.24) is 0 Å². The van der Waals surface area contributed by atoms with E-state index in [9.17, 15) is 23.1 Å². The highest BCUT2D eigenvalue weighted by Crippen LogP contribution is 2.41. The monoisotopic (exact) mass is 378 g/mol. The summed E-state index contributed by atoms with van der Waals surface area (Å²) in [6.45, 7) is 1.71. The lowest BCUT2D eigenvalue weighted by atomic mass is 9.99. The van der Waals surface area contributed by atoms with Crippen molar-refractivity contribution >= 4 is 11.0 Å². The summed E-state index contributed by atoms with van der Waals surface area (Å²) < 4.78 is 56.2. The lowest BCUT2D eigenvalue weighted by Gasteiger charge is -2.14. The van der Waals surface area contributed by atoms with Gasteiger partial charge in [-0.1, -0.05) is 13.0 Å². The van der Waals surface area contributed by atoms with E-state index in [2.05, 4.69) is 0 Å². The molecule has 0 radical (unpaired) electrons. The Morgan fingerprint density at radius 3 is 2.56 bits per heavy atom. The summed E-state index contributed by atoms with van der Waals surface area (Å²) in [5.41, 5.74) is -1.33. The molecule has 27 heavy (non-hydrogen) atoms. The molecule has 0 fully saturated rings. The fourth-order valence-corrected chi connectivity index (χ4v) is 3.07. The Kier molecular flexibility index (Phi) is 3.80. The van der Waals surface area contributed by atoms with Gasteiger partial charge in [0.2, 0.25) is 18.0 Å². The number of rotatable bonds is 2. The SMILES string of the molecule is CCc1cc2c(=O)c(-c3ccc4c(c3)OCO4)c(C(F)(F)F)oc2cc1O. The Morgan fingerprint density at radius 1 is 1.11 bits per heavy atom. The first kappa shape index (κ1) is 17.3. The molecule has 0 saturated heterocycles. The predicted octanol–water partition coefficient (Wildman–Crippen LogP) is 4.48. The molecule has 8 heteroatoms. The molecule has 0 saturated carbocycles. The van der Waals surface area contributed by atoms with E-state index in [-0.39, 0.29) is 34.8 Å². The maximum absolute atomic E-state index is 13.6. The molecule has 5 nitrogen and oxygen atoms in total. The van der Waals surface area contributed by atoms with Crippen LogP contribution in [0.5, 0.6) is 17.2 Å². The number of phenolic OH excluding ortho intramolecular Hbond substituents is 1. The van der Waals surface area contributed by atoms with Gasteiger partial charge in [-0.15, -0.1) is 0 Å². The second-order valence-corrected chi connectivity index (χ2v) is 6.03. The molecule has 1 aromatic heterocycles. The van der Waals surface area contributed by atoms with Gasteiger partial charge >= 0.3 is 6.18 Å². The van der Waals surface area contributed by atoms with Crippen molar-refractivity contribution in [1.29, 1.82) is 0 Å². The normalized spacial score (nSPS) is 13.3. The van der Waals surface area contributed by atoms with E-state index in [0.717, 1.165) is 6.07 Å². The predicted molar refractivity (Wildman–Crippen MR) is 90.1 cm³/mol. The number of hydrogen-bond donors (Lipinski definition) is 1. The van der Waals surface area contributed by atoms with E-state index < -0.39 is 22.9 Å². The van der Waals surface area contributed by atoms with Crippen LogP contribution in [-0.2, 0) is 12.6 Å². The molecule has 3 aromatic rings. The van der Waals surface area contributed by atoms with Gasteiger partial charge in [-0.05, 0) is 35.7 Å². The molecule has 1 N–H and O–H groups in total. The summed E-state index contributed by atoms with van der Waals surface area (Å²) in [5, 5.41) is 9.87. The summed E-state index contributed by atoms with van der Waals surface area (Å²) in [5.74, 6) is -1.02. The van der Waals surface area contributed by atoms with Crippen molar-refractivity contribution < 1.29 is 32.2 Å². The number of fused-ring (bicyclic) bond motifs is 2. The van der Waals surface area contributed by atoms with Crippen LogP contribution in [0.15, 0.2) is 39.5 Å². The lowest BCUT2D eigenvalue weighted by molar-refractivity contribution is -0.152. The van der Waals surface area contributed by atoms with Crippen LogP contribution < -0.4 is 14.9 Å². The number of alkyl halides is 3. The second-order valence-electron chi connectivity index (χ2n) is 6.03. The first-order valence-electron chi connectivity index (χ1n) is 8.09. The maximum atomic E-state index is 13.6. The Morgan fingerprint density at radius 2 is 1.85 bits per heavy atom. The molecule has 2 aromatic carbocycles. The average molecular weight is 378 g/mol. The van der Waals surface area contributed by atoms with Crippen LogP contribution in [0.2, 0.25) is 0 Å². The Hall–Kier alpha value is -3.16. The topological polar surface area (TPSA) is 68.9 Å². The highest BCUT2D eigenvalue weighted by atomic mass is 19.4. The Bertz CT molecular complexity index is 1110. The van der Waals surface area contributed by atoms with Gasteiger partial charge in [0.1, 0.15) is 11.3 Å². The number of aryl methyl sites for hydroxylation is 1. The number of halogens is 3. The molecular formula is C19H13F3O5. The van der Waals surface area contributed by atoms with Crippen LogP contribution in [0.4, 0.5) is 13.2 Å². The summed E-state index contributed by atoms with van der Waals surface area (Å²) in [6, 6.07) is 6.50. The van der Waals surface area contributed by atoms with E-state index in [0.29, 0.717) is 17.7 Å². The zero-order chi connectivity index (χ0) is 19.3. The van der Waals surface area contributed by atoms with Gasteiger partial charge in [0.25, 0.3) is 0 Å². The van der Waals surface area contributed by atoms with Gasteiger partial charge < -0.3 is 19.0 Å². The Balaban J connectivity index is 2.07. The molecule has 0 unspecified atom stereocenters. The van der Waals surface area contributed by atoms with E-state index in [1.165, 1.54) is 24.3 Å². The smallest absolute Gasteiger partial charge is 0.450 e. The van der Waals surface area contributed by atoms with Gasteiger partial charge in [0.05, 0.1) is 10.9 Å². The van der Waals surface area contributed by atoms with Crippen LogP contribution in [0.1, 0.15) is 18.2 Å². The molecule has 2 heterocycles. The molecule has 0 amide bonds. The zero-order valence-electron chi connectivity index (χ0n) is 14.0. The molecule has 4 rings (SSSR count). The third-order valence-corrected chi connectivity index (χ3v) is 4.39. The quantitative estimate of drug-likeness (QED) is 0.712. The first-order chi connectivity index (χ1) is 12.8. The highest BCUT2D eigenvalue weighted by molar-refractivity contribution is 5.85. The third-order valence-electron chi connectivity index (χ3n) is 4.39. The number of ether oxygens (including phenoxy) is 2. The van der Waals surface area contributed by atoms with Crippen molar-refractivity contribution in [2.24, 2.45) is 0 Å². The van der Waals surface area contributed by atoms with Gasteiger partial charge in [-0.2, -0.15) is 13.2 Å². The minimum atomic E-state index is -4.90. The van der Waals surface area contributed by atoms with E-state index >= 15 is 0 Å². The van der Waals surface area contributed by atoms with Crippen molar-refractivity contribution in [2.75, 3.05) is 6.79 Å². The van der Waals surface area contributed by atoms with Crippen molar-refractivity contribution in [3.05, 3.63) is 51.9 Å². The average Bonchev–Trinajstić information content (AvgIpc) is 3.08. The van der Waals surface area contributed by atoms with E-state index in [1.807, 2.05) is 0 Å². The summed E-state index contributed by atoms with van der Waals surface area (Å²) in [4.78, 5) is 13.0. The van der Waals surface area contributed by atoms with Crippen LogP contribution in [0.25, 0.3) is 22.1 Å². The second kappa shape index (κ2) is 5.94. The number of benzene rings is 2. The zero-order valence-corrected chi connectivity index (χ0v) is 14.0. The van der Waals surface area contributed by atoms with Crippen LogP contribution in [-0.4, -0.2) is 11.9 Å². The molecule has 0 aliphatic carbocycles. The Labute approximate surface area is 150 Å². The third kappa shape index (κ3) is 2.77. The molecule has 140 valence electrons. The minimum absolute atomic E-state index is 0.00773. The largest absolute Gasteiger partial charge is 0.508 e. The first-order valence-corrected chi connectivity index (χ1v) is 8.09. The number of aromatic hydroxyl groups is 1. The van der Waals surface area contributed by atoms with E-state index in [1.54, 1.807) is 6.92 Å². The summed E-state index contributed by atoms with van der Waals surface area (Å²) in [6.07, 6.45) is -4.50. The molecule has 0 spiro atoms. The minimum Gasteiger partial charge on any atom is -0.508 e. The molecular weight excluding hydrogens is 365 g/mol. The fourth-order valence-electron chi connectivity index (χ4n) is 3.07. The van der Waals surface area contributed by atoms with Crippen molar-refractivity contribution in [2.45, 2.75) is 19.5 Å². The fraction of sp³-hybridized carbons (Fsp3) is 0.211. The standard InChI is InChI=1S/C19H13F3O5/c1-2-9-5-11-14(7-12(9)23)27-18(19(20,21)22)16(17(11)24)10-3-4-13-15(6-10)26-8-25-13/h3-7,23H,2,8H2,1H3. The van der Waals surface area contributed by atoms with Crippen LogP contribution in [0.3, 0.4) is 0 Å². The van der Waals surface area contributed by atoms with Crippen molar-refractivity contribution in [3.63, 3.8) is 0 Å². The van der Waals surface area contributed by atoms with Gasteiger partial charge in [0, 0.05) is 6.07 Å². The van der Waals surface area contributed by atoms with Crippen LogP contribution in [0, 0.1) is 0 Å². The molecule has 0 bridgehead atoms. The molecule has 1 aliphatic rings. The summed E-state index contributed by atoms with van der Waals surface area (Å²) in [7, 11) is 0. The van der Waals surface area contributed by atoms with Crippen LogP contribution >= 0.6 is 0 Å². The van der Waals surface area contributed by atoms with Gasteiger partial charge in [-0.3, -0.25) is 4.79 Å². The van der Waals surface area contributed by atoms with E-state index in [4.69, 9.17) is 13.9 Å². The number of hydrogen-bond acceptors (Lipinski definition) is 5. The lowest BCUT2D eigenvalue weighted by Crippen LogP contribution is -2.16. The van der Waals surface area contributed by atoms with Gasteiger partial charge in [0.15, 0.2) is 11.5 Å². The van der Waals surface area contributed by atoms with Gasteiger partial charge in [-0.25, -0.2) is 0 Å². The summed E-state index contributed by atoms with van der Waals surface area (Å²) >= 11 is 0.